The van der Waals surface area contributed by atoms with Crippen molar-refractivity contribution in [3.05, 3.63) is 88.6 Å². The van der Waals surface area contributed by atoms with Crippen molar-refractivity contribution in [3.63, 3.8) is 0 Å². The normalized spacial score (nSPS) is 16.6. The van der Waals surface area contributed by atoms with E-state index in [1.54, 1.807) is 31.2 Å². The Kier molecular flexibility index (Phi) is 5.23. The van der Waals surface area contributed by atoms with E-state index in [2.05, 4.69) is 0 Å². The SMILES string of the molecule is CCOC(=O)C1=C(c2ccccc2)OC(N)=C(C#N)[C@H]1c1ccc(F)cc1. The molecule has 0 spiro atoms. The molecule has 0 radical (unpaired) electrons. The predicted octanol–water partition coefficient (Wildman–Crippen LogP) is 3.61. The molecule has 0 fully saturated rings. The van der Waals surface area contributed by atoms with E-state index in [1.807, 2.05) is 12.1 Å². The number of carbonyl (C=O) groups is 1. The van der Waals surface area contributed by atoms with Gasteiger partial charge >= 0.3 is 5.97 Å². The van der Waals surface area contributed by atoms with Gasteiger partial charge in [0.25, 0.3) is 0 Å². The zero-order valence-corrected chi connectivity index (χ0v) is 14.6. The van der Waals surface area contributed by atoms with Gasteiger partial charge in [-0.3, -0.25) is 0 Å². The van der Waals surface area contributed by atoms with Gasteiger partial charge in [-0.1, -0.05) is 42.5 Å². The van der Waals surface area contributed by atoms with Crippen LogP contribution in [0.25, 0.3) is 5.76 Å². The summed E-state index contributed by atoms with van der Waals surface area (Å²) in [5.74, 6) is -1.74. The molecule has 1 aliphatic heterocycles. The van der Waals surface area contributed by atoms with Crippen LogP contribution in [0.15, 0.2) is 71.6 Å². The Bertz CT molecular complexity index is 957. The third-order valence-electron chi connectivity index (χ3n) is 4.15. The zero-order chi connectivity index (χ0) is 19.4. The predicted molar refractivity (Wildman–Crippen MR) is 97.0 cm³/mol. The Morgan fingerprint density at radius 3 is 2.48 bits per heavy atom. The Morgan fingerprint density at radius 2 is 1.89 bits per heavy atom. The third kappa shape index (κ3) is 3.53. The van der Waals surface area contributed by atoms with Crippen LogP contribution in [-0.4, -0.2) is 12.6 Å². The maximum Gasteiger partial charge on any atom is 0.338 e. The molecular weight excluding hydrogens is 347 g/mol. The number of nitriles is 1. The van der Waals surface area contributed by atoms with Crippen LogP contribution in [0.2, 0.25) is 0 Å². The van der Waals surface area contributed by atoms with E-state index in [1.165, 1.54) is 24.3 Å². The van der Waals surface area contributed by atoms with E-state index in [0.29, 0.717) is 11.1 Å². The fraction of sp³-hybridized carbons (Fsp3) is 0.143. The first-order valence-corrected chi connectivity index (χ1v) is 8.36. The standard InChI is InChI=1S/C21H17FN2O3/c1-2-26-21(25)18-17(13-8-10-15(22)11-9-13)16(12-23)20(24)27-19(18)14-6-4-3-5-7-14/h3-11,17H,2,24H2,1H3/t17-/m1/s1. The van der Waals surface area contributed by atoms with Gasteiger partial charge in [0.1, 0.15) is 23.2 Å². The second-order valence-corrected chi connectivity index (χ2v) is 5.81. The van der Waals surface area contributed by atoms with Crippen molar-refractivity contribution in [2.45, 2.75) is 12.8 Å². The number of hydrogen-bond donors (Lipinski definition) is 1. The zero-order valence-electron chi connectivity index (χ0n) is 14.6. The molecule has 0 saturated heterocycles. The maximum absolute atomic E-state index is 13.4. The summed E-state index contributed by atoms with van der Waals surface area (Å²) in [6.45, 7) is 1.84. The monoisotopic (exact) mass is 364 g/mol. The van der Waals surface area contributed by atoms with Crippen molar-refractivity contribution >= 4 is 11.7 Å². The number of rotatable bonds is 4. The van der Waals surface area contributed by atoms with Crippen molar-refractivity contribution in [1.82, 2.24) is 0 Å². The van der Waals surface area contributed by atoms with Gasteiger partial charge in [0.2, 0.25) is 5.88 Å². The lowest BCUT2D eigenvalue weighted by molar-refractivity contribution is -0.138. The molecule has 3 rings (SSSR count). The van der Waals surface area contributed by atoms with Crippen LogP contribution in [0.4, 0.5) is 4.39 Å². The lowest BCUT2D eigenvalue weighted by Crippen LogP contribution is -2.25. The highest BCUT2D eigenvalue weighted by Gasteiger charge is 2.38. The van der Waals surface area contributed by atoms with Gasteiger partial charge in [0, 0.05) is 5.56 Å². The quantitative estimate of drug-likeness (QED) is 0.838. The number of hydrogen-bond acceptors (Lipinski definition) is 5. The highest BCUT2D eigenvalue weighted by Crippen LogP contribution is 2.42. The van der Waals surface area contributed by atoms with Gasteiger partial charge < -0.3 is 15.2 Å². The van der Waals surface area contributed by atoms with E-state index in [9.17, 15) is 14.4 Å². The molecule has 136 valence electrons. The molecule has 2 aromatic rings. The summed E-state index contributed by atoms with van der Waals surface area (Å²) in [6, 6.07) is 16.5. The first kappa shape index (κ1) is 18.2. The summed E-state index contributed by atoms with van der Waals surface area (Å²) in [5, 5.41) is 9.62. The van der Waals surface area contributed by atoms with Crippen molar-refractivity contribution in [1.29, 1.82) is 5.26 Å². The number of halogens is 1. The molecule has 1 heterocycles. The van der Waals surface area contributed by atoms with Crippen LogP contribution in [0, 0.1) is 17.1 Å². The van der Waals surface area contributed by atoms with Crippen molar-refractivity contribution < 1.29 is 18.7 Å². The minimum atomic E-state index is -0.821. The Morgan fingerprint density at radius 1 is 1.22 bits per heavy atom. The highest BCUT2D eigenvalue weighted by molar-refractivity contribution is 5.99. The number of esters is 1. The van der Waals surface area contributed by atoms with Crippen LogP contribution in [0.1, 0.15) is 24.0 Å². The number of allylic oxidation sites excluding steroid dienone is 1. The molecule has 2 N–H and O–H groups in total. The molecular formula is C21H17FN2O3. The second-order valence-electron chi connectivity index (χ2n) is 5.81. The van der Waals surface area contributed by atoms with E-state index >= 15 is 0 Å². The van der Waals surface area contributed by atoms with Crippen LogP contribution < -0.4 is 5.73 Å². The van der Waals surface area contributed by atoms with Gasteiger partial charge in [-0.15, -0.1) is 0 Å². The molecule has 0 saturated carbocycles. The average Bonchev–Trinajstić information content (AvgIpc) is 2.68. The smallest absolute Gasteiger partial charge is 0.338 e. The Balaban J connectivity index is 2.26. The second kappa shape index (κ2) is 7.75. The fourth-order valence-electron chi connectivity index (χ4n) is 2.97. The maximum atomic E-state index is 13.4. The van der Waals surface area contributed by atoms with E-state index in [-0.39, 0.29) is 29.4 Å². The molecule has 2 aromatic carbocycles. The number of nitrogens with two attached hydrogens (primary N) is 1. The largest absolute Gasteiger partial charge is 0.463 e. The van der Waals surface area contributed by atoms with Gasteiger partial charge in [-0.05, 0) is 24.6 Å². The van der Waals surface area contributed by atoms with Crippen LogP contribution in [0.3, 0.4) is 0 Å². The summed E-state index contributed by atoms with van der Waals surface area (Å²) < 4.78 is 24.3. The van der Waals surface area contributed by atoms with Gasteiger partial charge in [-0.2, -0.15) is 5.26 Å². The Labute approximate surface area is 156 Å². The summed E-state index contributed by atoms with van der Waals surface area (Å²) in [5.41, 5.74) is 7.37. The minimum Gasteiger partial charge on any atom is -0.463 e. The van der Waals surface area contributed by atoms with Crippen LogP contribution in [0.5, 0.6) is 0 Å². The summed E-state index contributed by atoms with van der Waals surface area (Å²) in [6.07, 6.45) is 0. The molecule has 0 bridgehead atoms. The lowest BCUT2D eigenvalue weighted by atomic mass is 9.82. The van der Waals surface area contributed by atoms with Gasteiger partial charge in [-0.25, -0.2) is 9.18 Å². The van der Waals surface area contributed by atoms with Crippen molar-refractivity contribution in [3.8, 4) is 6.07 Å². The highest BCUT2D eigenvalue weighted by atomic mass is 19.1. The molecule has 0 aromatic heterocycles. The Hall–Kier alpha value is -3.59. The first-order chi connectivity index (χ1) is 13.1. The van der Waals surface area contributed by atoms with E-state index < -0.39 is 17.7 Å². The van der Waals surface area contributed by atoms with E-state index in [4.69, 9.17) is 15.2 Å². The van der Waals surface area contributed by atoms with Crippen molar-refractivity contribution in [2.75, 3.05) is 6.61 Å². The molecule has 0 unspecified atom stereocenters. The van der Waals surface area contributed by atoms with Crippen LogP contribution in [-0.2, 0) is 14.3 Å². The topological polar surface area (TPSA) is 85.3 Å². The molecule has 6 heteroatoms. The fourth-order valence-corrected chi connectivity index (χ4v) is 2.97. The van der Waals surface area contributed by atoms with Crippen molar-refractivity contribution in [2.24, 2.45) is 5.73 Å². The summed E-state index contributed by atoms with van der Waals surface area (Å²) in [7, 11) is 0. The van der Waals surface area contributed by atoms with E-state index in [0.717, 1.165) is 0 Å². The molecule has 0 aliphatic carbocycles. The molecule has 27 heavy (non-hydrogen) atoms. The number of ether oxygens (including phenoxy) is 2. The number of nitrogens with zero attached hydrogens (tertiary/aromatic N) is 1. The average molecular weight is 364 g/mol. The van der Waals surface area contributed by atoms with Gasteiger partial charge in [0.15, 0.2) is 0 Å². The molecule has 5 nitrogen and oxygen atoms in total. The summed E-state index contributed by atoms with van der Waals surface area (Å²) in [4.78, 5) is 12.8. The molecule has 0 amide bonds. The van der Waals surface area contributed by atoms with Gasteiger partial charge in [0.05, 0.1) is 18.1 Å². The number of benzene rings is 2. The summed E-state index contributed by atoms with van der Waals surface area (Å²) >= 11 is 0. The first-order valence-electron chi connectivity index (χ1n) is 8.36. The molecule has 1 aliphatic rings. The third-order valence-corrected chi connectivity index (χ3v) is 4.15. The lowest BCUT2D eigenvalue weighted by Gasteiger charge is -2.28. The molecule has 1 atom stereocenters. The van der Waals surface area contributed by atoms with Crippen LogP contribution >= 0.6 is 0 Å². The number of carbonyl (C=O) groups excluding carboxylic acids is 1. The minimum absolute atomic E-state index is 0.0735.